The number of hydrogen-bond donors (Lipinski definition) is 2. The predicted octanol–water partition coefficient (Wildman–Crippen LogP) is 2.90. The Morgan fingerprint density at radius 2 is 2.05 bits per heavy atom. The van der Waals surface area contributed by atoms with E-state index in [0.717, 1.165) is 27.4 Å². The summed E-state index contributed by atoms with van der Waals surface area (Å²) >= 11 is 2.89. The normalized spacial score (nSPS) is 16.7. The molecule has 0 aliphatic heterocycles. The standard InChI is InChI=1S/C15H16N2O3S2/c18-12(17-15(13(19)20)7-3-4-8-15)9-21-14-16-10-5-1-2-6-11(10)22-14/h1-2,5-6H,3-4,7-9H2,(H,17,18)(H,19,20). The van der Waals surface area contributed by atoms with E-state index in [0.29, 0.717) is 12.8 Å². The first-order valence-electron chi connectivity index (χ1n) is 7.12. The summed E-state index contributed by atoms with van der Waals surface area (Å²) in [5.74, 6) is -0.980. The Labute approximate surface area is 136 Å². The highest BCUT2D eigenvalue weighted by atomic mass is 32.2. The Morgan fingerprint density at radius 3 is 2.73 bits per heavy atom. The van der Waals surface area contributed by atoms with Gasteiger partial charge in [-0.05, 0) is 25.0 Å². The van der Waals surface area contributed by atoms with Crippen LogP contribution in [0, 0.1) is 0 Å². The third kappa shape index (κ3) is 3.10. The van der Waals surface area contributed by atoms with E-state index in [4.69, 9.17) is 0 Å². The topological polar surface area (TPSA) is 79.3 Å². The molecule has 1 heterocycles. The molecule has 22 heavy (non-hydrogen) atoms. The van der Waals surface area contributed by atoms with E-state index in [9.17, 15) is 14.7 Å². The monoisotopic (exact) mass is 336 g/mol. The second kappa shape index (κ2) is 6.26. The minimum Gasteiger partial charge on any atom is -0.480 e. The fraction of sp³-hybridized carbons (Fsp3) is 0.400. The first-order valence-corrected chi connectivity index (χ1v) is 8.92. The minimum absolute atomic E-state index is 0.189. The Bertz CT molecular complexity index is 675. The maximum Gasteiger partial charge on any atom is 0.329 e. The molecule has 1 aliphatic carbocycles. The molecule has 0 bridgehead atoms. The van der Waals surface area contributed by atoms with Gasteiger partial charge < -0.3 is 10.4 Å². The number of hydrogen-bond acceptors (Lipinski definition) is 5. The third-order valence-electron chi connectivity index (χ3n) is 3.85. The lowest BCUT2D eigenvalue weighted by Crippen LogP contribution is -2.53. The van der Waals surface area contributed by atoms with Crippen molar-refractivity contribution in [1.82, 2.24) is 10.3 Å². The first kappa shape index (κ1) is 15.3. The number of carboxylic acids is 1. The van der Waals surface area contributed by atoms with Crippen molar-refractivity contribution >= 4 is 45.2 Å². The molecule has 0 radical (unpaired) electrons. The van der Waals surface area contributed by atoms with E-state index in [1.165, 1.54) is 11.8 Å². The van der Waals surface area contributed by atoms with E-state index in [2.05, 4.69) is 10.3 Å². The molecule has 116 valence electrons. The van der Waals surface area contributed by atoms with Crippen molar-refractivity contribution in [3.63, 3.8) is 0 Å². The molecule has 1 aliphatic rings. The molecule has 0 unspecified atom stereocenters. The van der Waals surface area contributed by atoms with Crippen LogP contribution in [0.15, 0.2) is 28.6 Å². The number of carbonyl (C=O) groups is 2. The van der Waals surface area contributed by atoms with Crippen LogP contribution in [-0.2, 0) is 9.59 Å². The number of para-hydroxylation sites is 1. The van der Waals surface area contributed by atoms with Gasteiger partial charge in [-0.15, -0.1) is 11.3 Å². The van der Waals surface area contributed by atoms with Crippen molar-refractivity contribution < 1.29 is 14.7 Å². The van der Waals surface area contributed by atoms with Crippen LogP contribution in [0.5, 0.6) is 0 Å². The molecular formula is C15H16N2O3S2. The number of thioether (sulfide) groups is 1. The van der Waals surface area contributed by atoms with Crippen LogP contribution >= 0.6 is 23.1 Å². The number of carbonyl (C=O) groups excluding carboxylic acids is 1. The lowest BCUT2D eigenvalue weighted by molar-refractivity contribution is -0.147. The number of carboxylic acid groups (broad SMARTS) is 1. The molecule has 0 atom stereocenters. The van der Waals surface area contributed by atoms with Gasteiger partial charge in [-0.25, -0.2) is 9.78 Å². The number of amides is 1. The van der Waals surface area contributed by atoms with Crippen LogP contribution in [0.3, 0.4) is 0 Å². The molecule has 1 fully saturated rings. The fourth-order valence-electron chi connectivity index (χ4n) is 2.71. The molecule has 1 saturated carbocycles. The summed E-state index contributed by atoms with van der Waals surface area (Å²) in [4.78, 5) is 28.0. The summed E-state index contributed by atoms with van der Waals surface area (Å²) in [6.07, 6.45) is 2.72. The van der Waals surface area contributed by atoms with Crippen molar-refractivity contribution in [1.29, 1.82) is 0 Å². The molecule has 0 spiro atoms. The van der Waals surface area contributed by atoms with E-state index in [-0.39, 0.29) is 11.7 Å². The van der Waals surface area contributed by atoms with Gasteiger partial charge in [0.25, 0.3) is 0 Å². The number of nitrogens with zero attached hydrogens (tertiary/aromatic N) is 1. The SMILES string of the molecule is O=C(CSc1nc2ccccc2s1)NC1(C(=O)O)CCCC1. The molecule has 2 aromatic rings. The van der Waals surface area contributed by atoms with Gasteiger partial charge in [0, 0.05) is 0 Å². The van der Waals surface area contributed by atoms with Crippen molar-refractivity contribution in [2.75, 3.05) is 5.75 Å². The number of thiazole rings is 1. The molecule has 3 rings (SSSR count). The van der Waals surface area contributed by atoms with Gasteiger partial charge in [-0.1, -0.05) is 36.7 Å². The van der Waals surface area contributed by atoms with Crippen LogP contribution in [-0.4, -0.2) is 33.3 Å². The predicted molar refractivity (Wildman–Crippen MR) is 87.3 cm³/mol. The zero-order valence-electron chi connectivity index (χ0n) is 11.9. The molecule has 1 aromatic carbocycles. The summed E-state index contributed by atoms with van der Waals surface area (Å²) in [5.41, 5.74) is -0.140. The average Bonchev–Trinajstić information content (AvgIpc) is 3.11. The number of rotatable bonds is 5. The van der Waals surface area contributed by atoms with Crippen LogP contribution in [0.2, 0.25) is 0 Å². The average molecular weight is 336 g/mol. The highest BCUT2D eigenvalue weighted by molar-refractivity contribution is 8.01. The molecule has 2 N–H and O–H groups in total. The number of aromatic nitrogens is 1. The van der Waals surface area contributed by atoms with E-state index in [1.54, 1.807) is 11.3 Å². The summed E-state index contributed by atoms with van der Waals surface area (Å²) in [6.45, 7) is 0. The number of fused-ring (bicyclic) bond motifs is 1. The van der Waals surface area contributed by atoms with Crippen LogP contribution in [0.25, 0.3) is 10.2 Å². The number of nitrogens with one attached hydrogen (secondary N) is 1. The van der Waals surface area contributed by atoms with Gasteiger partial charge in [-0.2, -0.15) is 0 Å². The lowest BCUT2D eigenvalue weighted by Gasteiger charge is -2.25. The summed E-state index contributed by atoms with van der Waals surface area (Å²) in [7, 11) is 0. The zero-order valence-corrected chi connectivity index (χ0v) is 13.5. The number of aliphatic carboxylic acids is 1. The largest absolute Gasteiger partial charge is 0.480 e. The lowest BCUT2D eigenvalue weighted by atomic mass is 9.98. The van der Waals surface area contributed by atoms with Gasteiger partial charge >= 0.3 is 5.97 Å². The molecule has 1 amide bonds. The van der Waals surface area contributed by atoms with Crippen molar-refractivity contribution in [2.24, 2.45) is 0 Å². The van der Waals surface area contributed by atoms with Gasteiger partial charge in [0.1, 0.15) is 5.54 Å². The van der Waals surface area contributed by atoms with Gasteiger partial charge in [-0.3, -0.25) is 4.79 Å². The maximum absolute atomic E-state index is 12.1. The molecule has 5 nitrogen and oxygen atoms in total. The number of benzene rings is 1. The van der Waals surface area contributed by atoms with Crippen LogP contribution in [0.4, 0.5) is 0 Å². The van der Waals surface area contributed by atoms with E-state index < -0.39 is 11.5 Å². The third-order valence-corrected chi connectivity index (χ3v) is 6.03. The second-order valence-electron chi connectivity index (χ2n) is 5.38. The summed E-state index contributed by atoms with van der Waals surface area (Å²) < 4.78 is 1.91. The summed E-state index contributed by atoms with van der Waals surface area (Å²) in [6, 6.07) is 7.82. The van der Waals surface area contributed by atoms with E-state index in [1.807, 2.05) is 24.3 Å². The Hall–Kier alpha value is -1.60. The van der Waals surface area contributed by atoms with Crippen molar-refractivity contribution in [3.05, 3.63) is 24.3 Å². The highest BCUT2D eigenvalue weighted by Crippen LogP contribution is 2.31. The first-order chi connectivity index (χ1) is 10.6. The maximum atomic E-state index is 12.1. The van der Waals surface area contributed by atoms with Crippen molar-refractivity contribution in [3.8, 4) is 0 Å². The quantitative estimate of drug-likeness (QED) is 0.821. The molecule has 0 saturated heterocycles. The van der Waals surface area contributed by atoms with Gasteiger partial charge in [0.2, 0.25) is 5.91 Å². The van der Waals surface area contributed by atoms with Crippen LogP contribution < -0.4 is 5.32 Å². The molecular weight excluding hydrogens is 320 g/mol. The summed E-state index contributed by atoms with van der Waals surface area (Å²) in [5, 5.41) is 12.1. The smallest absolute Gasteiger partial charge is 0.329 e. The van der Waals surface area contributed by atoms with Gasteiger partial charge in [0.15, 0.2) is 4.34 Å². The molecule has 7 heteroatoms. The molecule has 1 aromatic heterocycles. The van der Waals surface area contributed by atoms with Gasteiger partial charge in [0.05, 0.1) is 16.0 Å². The Kier molecular flexibility index (Phi) is 4.35. The minimum atomic E-state index is -1.06. The Morgan fingerprint density at radius 1 is 1.32 bits per heavy atom. The Balaban J connectivity index is 1.61. The highest BCUT2D eigenvalue weighted by Gasteiger charge is 2.42. The fourth-order valence-corrected chi connectivity index (χ4v) is 4.58. The zero-order chi connectivity index (χ0) is 15.6. The van der Waals surface area contributed by atoms with Crippen LogP contribution in [0.1, 0.15) is 25.7 Å². The van der Waals surface area contributed by atoms with E-state index >= 15 is 0 Å². The van der Waals surface area contributed by atoms with Crippen molar-refractivity contribution in [2.45, 2.75) is 35.6 Å². The second-order valence-corrected chi connectivity index (χ2v) is 7.63.